The highest BCUT2D eigenvalue weighted by Gasteiger charge is 2.35. The maximum Gasteiger partial charge on any atom is 0.0506 e. The summed E-state index contributed by atoms with van der Waals surface area (Å²) in [5.41, 5.74) is 0. The standard InChI is InChI=1S/C15H28N2O/c1-17(10-12-3-2-8-18-11-12)15-7-4-13(15)9-16-14-5-6-14/h12-16H,2-11H2,1H3. The molecule has 1 saturated heterocycles. The summed E-state index contributed by atoms with van der Waals surface area (Å²) in [6.45, 7) is 4.46. The van der Waals surface area contributed by atoms with Crippen molar-refractivity contribution in [1.29, 1.82) is 0 Å². The van der Waals surface area contributed by atoms with E-state index in [0.29, 0.717) is 0 Å². The molecule has 3 aliphatic rings. The van der Waals surface area contributed by atoms with Crippen LogP contribution in [0.2, 0.25) is 0 Å². The Morgan fingerprint density at radius 1 is 1.17 bits per heavy atom. The molecule has 3 nitrogen and oxygen atoms in total. The van der Waals surface area contributed by atoms with Crippen LogP contribution in [-0.2, 0) is 4.74 Å². The molecule has 0 aromatic heterocycles. The van der Waals surface area contributed by atoms with E-state index in [2.05, 4.69) is 17.3 Å². The molecule has 0 bridgehead atoms. The van der Waals surface area contributed by atoms with Crippen molar-refractivity contribution in [3.63, 3.8) is 0 Å². The first-order valence-corrected chi connectivity index (χ1v) is 7.84. The van der Waals surface area contributed by atoms with Crippen LogP contribution in [0.3, 0.4) is 0 Å². The second-order valence-electron chi connectivity index (χ2n) is 6.61. The first-order valence-electron chi connectivity index (χ1n) is 7.84. The topological polar surface area (TPSA) is 24.5 Å². The van der Waals surface area contributed by atoms with Crippen molar-refractivity contribution >= 4 is 0 Å². The van der Waals surface area contributed by atoms with Crippen LogP contribution in [0, 0.1) is 11.8 Å². The molecule has 0 amide bonds. The summed E-state index contributed by atoms with van der Waals surface area (Å²) < 4.78 is 5.59. The lowest BCUT2D eigenvalue weighted by molar-refractivity contribution is 0.0145. The number of ether oxygens (including phenoxy) is 1. The molecule has 2 saturated carbocycles. The smallest absolute Gasteiger partial charge is 0.0506 e. The molecule has 3 fully saturated rings. The van der Waals surface area contributed by atoms with E-state index in [-0.39, 0.29) is 0 Å². The molecule has 18 heavy (non-hydrogen) atoms. The fraction of sp³-hybridized carbons (Fsp3) is 1.00. The van der Waals surface area contributed by atoms with Crippen molar-refractivity contribution in [2.75, 3.05) is 33.4 Å². The van der Waals surface area contributed by atoms with Crippen LogP contribution < -0.4 is 5.32 Å². The van der Waals surface area contributed by atoms with Crippen LogP contribution in [0.1, 0.15) is 38.5 Å². The van der Waals surface area contributed by atoms with Crippen molar-refractivity contribution in [1.82, 2.24) is 10.2 Å². The molecule has 3 unspecified atom stereocenters. The number of rotatable bonds is 6. The Hall–Kier alpha value is -0.120. The van der Waals surface area contributed by atoms with E-state index in [9.17, 15) is 0 Å². The second-order valence-corrected chi connectivity index (χ2v) is 6.61. The van der Waals surface area contributed by atoms with Gasteiger partial charge in [-0.2, -0.15) is 0 Å². The summed E-state index contributed by atoms with van der Waals surface area (Å²) in [7, 11) is 2.32. The number of nitrogens with one attached hydrogen (secondary N) is 1. The van der Waals surface area contributed by atoms with Crippen molar-refractivity contribution < 1.29 is 4.74 Å². The zero-order chi connectivity index (χ0) is 12.4. The van der Waals surface area contributed by atoms with Gasteiger partial charge in [-0.25, -0.2) is 0 Å². The quantitative estimate of drug-likeness (QED) is 0.781. The lowest BCUT2D eigenvalue weighted by Crippen LogP contribution is -2.50. The average molecular weight is 252 g/mol. The maximum atomic E-state index is 5.59. The molecule has 3 rings (SSSR count). The monoisotopic (exact) mass is 252 g/mol. The Balaban J connectivity index is 1.38. The van der Waals surface area contributed by atoms with Gasteiger partial charge < -0.3 is 15.0 Å². The van der Waals surface area contributed by atoms with E-state index in [4.69, 9.17) is 4.74 Å². The van der Waals surface area contributed by atoms with Crippen molar-refractivity contribution in [3.05, 3.63) is 0 Å². The summed E-state index contributed by atoms with van der Waals surface area (Å²) >= 11 is 0. The van der Waals surface area contributed by atoms with Crippen LogP contribution in [0.15, 0.2) is 0 Å². The molecule has 104 valence electrons. The summed E-state index contributed by atoms with van der Waals surface area (Å²) in [5, 5.41) is 3.70. The summed E-state index contributed by atoms with van der Waals surface area (Å²) in [6.07, 6.45) is 8.27. The zero-order valence-electron chi connectivity index (χ0n) is 11.7. The normalized spacial score (nSPS) is 36.7. The molecule has 0 radical (unpaired) electrons. The van der Waals surface area contributed by atoms with Crippen LogP contribution in [0.5, 0.6) is 0 Å². The average Bonchev–Trinajstić information content (AvgIpc) is 3.13. The van der Waals surface area contributed by atoms with E-state index < -0.39 is 0 Å². The molecule has 1 aliphatic heterocycles. The molecule has 2 aliphatic carbocycles. The highest BCUT2D eigenvalue weighted by atomic mass is 16.5. The lowest BCUT2D eigenvalue weighted by atomic mass is 9.78. The van der Waals surface area contributed by atoms with Crippen molar-refractivity contribution in [2.24, 2.45) is 11.8 Å². The van der Waals surface area contributed by atoms with Gasteiger partial charge in [0.15, 0.2) is 0 Å². The fourth-order valence-corrected chi connectivity index (χ4v) is 3.47. The molecule has 0 spiro atoms. The fourth-order valence-electron chi connectivity index (χ4n) is 3.47. The second kappa shape index (κ2) is 5.89. The van der Waals surface area contributed by atoms with Gasteiger partial charge in [0.1, 0.15) is 0 Å². The van der Waals surface area contributed by atoms with Crippen LogP contribution in [0.25, 0.3) is 0 Å². The first kappa shape index (κ1) is 12.9. The predicted octanol–water partition coefficient (Wildman–Crippen LogP) is 1.88. The van der Waals surface area contributed by atoms with Gasteiger partial charge in [-0.3, -0.25) is 0 Å². The molecule has 3 heteroatoms. The van der Waals surface area contributed by atoms with Crippen molar-refractivity contribution in [2.45, 2.75) is 50.6 Å². The Morgan fingerprint density at radius 2 is 2.06 bits per heavy atom. The van der Waals surface area contributed by atoms with Gasteiger partial charge in [-0.15, -0.1) is 0 Å². The van der Waals surface area contributed by atoms with Crippen LogP contribution in [0.4, 0.5) is 0 Å². The first-order chi connectivity index (χ1) is 8.83. The van der Waals surface area contributed by atoms with Crippen LogP contribution >= 0.6 is 0 Å². The molecule has 0 aromatic carbocycles. The molecule has 0 aromatic rings. The van der Waals surface area contributed by atoms with Gasteiger partial charge in [0.2, 0.25) is 0 Å². The molecular formula is C15H28N2O. The third kappa shape index (κ3) is 3.25. The Labute approximate surface area is 111 Å². The summed E-state index contributed by atoms with van der Waals surface area (Å²) in [6, 6.07) is 1.70. The zero-order valence-corrected chi connectivity index (χ0v) is 11.7. The van der Waals surface area contributed by atoms with E-state index >= 15 is 0 Å². The minimum atomic E-state index is 0.779. The van der Waals surface area contributed by atoms with E-state index in [1.54, 1.807) is 0 Å². The third-order valence-electron chi connectivity index (χ3n) is 4.99. The van der Waals surface area contributed by atoms with Gasteiger partial charge in [0, 0.05) is 25.2 Å². The lowest BCUT2D eigenvalue weighted by Gasteiger charge is -2.44. The van der Waals surface area contributed by atoms with Gasteiger partial charge >= 0.3 is 0 Å². The van der Waals surface area contributed by atoms with E-state index in [0.717, 1.165) is 37.1 Å². The number of hydrogen-bond acceptors (Lipinski definition) is 3. The SMILES string of the molecule is CN(CC1CCCOC1)C1CCC1CNC1CC1. The van der Waals surface area contributed by atoms with Gasteiger partial charge in [-0.1, -0.05) is 0 Å². The van der Waals surface area contributed by atoms with Crippen LogP contribution in [-0.4, -0.2) is 50.3 Å². The predicted molar refractivity (Wildman–Crippen MR) is 73.7 cm³/mol. The molecule has 3 atom stereocenters. The third-order valence-corrected chi connectivity index (χ3v) is 4.99. The number of nitrogens with zero attached hydrogens (tertiary/aromatic N) is 1. The Kier molecular flexibility index (Phi) is 4.22. The molecule has 1 N–H and O–H groups in total. The van der Waals surface area contributed by atoms with Gasteiger partial charge in [-0.05, 0) is 64.0 Å². The van der Waals surface area contributed by atoms with Gasteiger partial charge in [0.05, 0.1) is 6.61 Å². The Bertz CT molecular complexity index is 261. The highest BCUT2D eigenvalue weighted by molar-refractivity contribution is 4.92. The molecule has 1 heterocycles. The minimum Gasteiger partial charge on any atom is -0.381 e. The van der Waals surface area contributed by atoms with E-state index in [1.165, 1.54) is 51.6 Å². The minimum absolute atomic E-state index is 0.779. The highest BCUT2D eigenvalue weighted by Crippen LogP contribution is 2.33. The van der Waals surface area contributed by atoms with E-state index in [1.807, 2.05) is 0 Å². The molecular weight excluding hydrogens is 224 g/mol. The number of hydrogen-bond donors (Lipinski definition) is 1. The largest absolute Gasteiger partial charge is 0.381 e. The Morgan fingerprint density at radius 3 is 2.67 bits per heavy atom. The van der Waals surface area contributed by atoms with Gasteiger partial charge in [0.25, 0.3) is 0 Å². The van der Waals surface area contributed by atoms with Crippen molar-refractivity contribution in [3.8, 4) is 0 Å². The summed E-state index contributed by atoms with van der Waals surface area (Å²) in [4.78, 5) is 2.61. The summed E-state index contributed by atoms with van der Waals surface area (Å²) in [5.74, 6) is 1.68. The maximum absolute atomic E-state index is 5.59.